The summed E-state index contributed by atoms with van der Waals surface area (Å²) in [5, 5.41) is 11.9. The van der Waals surface area contributed by atoms with Gasteiger partial charge in [-0.25, -0.2) is 9.07 Å². The molecule has 1 aromatic carbocycles. The Morgan fingerprint density at radius 1 is 1.19 bits per heavy atom. The first-order valence-corrected chi connectivity index (χ1v) is 7.17. The Kier molecular flexibility index (Phi) is 4.40. The summed E-state index contributed by atoms with van der Waals surface area (Å²) in [5.41, 5.74) is 0.679. The molecule has 7 heteroatoms. The maximum atomic E-state index is 13.6. The van der Waals surface area contributed by atoms with E-state index in [1.807, 2.05) is 6.07 Å². The van der Waals surface area contributed by atoms with Crippen LogP contribution in [-0.4, -0.2) is 46.5 Å². The van der Waals surface area contributed by atoms with E-state index in [4.69, 9.17) is 4.74 Å². The Bertz CT molecular complexity index is 580. The second-order valence-corrected chi connectivity index (χ2v) is 5.00. The zero-order valence-electron chi connectivity index (χ0n) is 11.8. The molecule has 0 saturated carbocycles. The van der Waals surface area contributed by atoms with Crippen LogP contribution in [0.15, 0.2) is 24.3 Å². The highest BCUT2D eigenvalue weighted by Crippen LogP contribution is 2.13. The minimum atomic E-state index is -0.185. The average Bonchev–Trinajstić information content (AvgIpc) is 2.80. The SMILES string of the molecule is Fc1ccccc1CCn1nnnc1N1CCCOCC1. The second-order valence-electron chi connectivity index (χ2n) is 5.00. The van der Waals surface area contributed by atoms with Gasteiger partial charge in [-0.1, -0.05) is 23.3 Å². The minimum Gasteiger partial charge on any atom is -0.380 e. The molecule has 1 fully saturated rings. The van der Waals surface area contributed by atoms with E-state index in [-0.39, 0.29) is 5.82 Å². The lowest BCUT2D eigenvalue weighted by atomic mass is 10.1. The van der Waals surface area contributed by atoms with Gasteiger partial charge in [-0.05, 0) is 34.9 Å². The van der Waals surface area contributed by atoms with Gasteiger partial charge in [-0.15, -0.1) is 0 Å². The standard InChI is InChI=1S/C14H18FN5O/c15-13-5-2-1-4-12(13)6-8-20-14(16-17-18-20)19-7-3-10-21-11-9-19/h1-2,4-5H,3,6-11H2. The van der Waals surface area contributed by atoms with Crippen LogP contribution < -0.4 is 4.90 Å². The van der Waals surface area contributed by atoms with Crippen molar-refractivity contribution in [3.8, 4) is 0 Å². The topological polar surface area (TPSA) is 56.1 Å². The first kappa shape index (κ1) is 13.9. The Morgan fingerprint density at radius 3 is 3.00 bits per heavy atom. The van der Waals surface area contributed by atoms with Crippen molar-refractivity contribution in [3.63, 3.8) is 0 Å². The number of benzene rings is 1. The molecule has 0 N–H and O–H groups in total. The third-order valence-electron chi connectivity index (χ3n) is 3.57. The molecule has 0 radical (unpaired) electrons. The van der Waals surface area contributed by atoms with Gasteiger partial charge in [0.2, 0.25) is 5.95 Å². The third kappa shape index (κ3) is 3.36. The predicted molar refractivity (Wildman–Crippen MR) is 75.6 cm³/mol. The van der Waals surface area contributed by atoms with E-state index < -0.39 is 0 Å². The molecule has 1 aromatic heterocycles. The fourth-order valence-corrected chi connectivity index (χ4v) is 2.44. The van der Waals surface area contributed by atoms with Gasteiger partial charge in [0.15, 0.2) is 0 Å². The number of nitrogens with zero attached hydrogens (tertiary/aromatic N) is 5. The fourth-order valence-electron chi connectivity index (χ4n) is 2.44. The lowest BCUT2D eigenvalue weighted by Gasteiger charge is -2.19. The van der Waals surface area contributed by atoms with Crippen molar-refractivity contribution < 1.29 is 9.13 Å². The molecule has 1 aliphatic heterocycles. The van der Waals surface area contributed by atoms with Crippen LogP contribution in [0.5, 0.6) is 0 Å². The lowest BCUT2D eigenvalue weighted by molar-refractivity contribution is 0.152. The van der Waals surface area contributed by atoms with Gasteiger partial charge in [-0.3, -0.25) is 0 Å². The molecular weight excluding hydrogens is 273 g/mol. The number of hydrogen-bond acceptors (Lipinski definition) is 5. The van der Waals surface area contributed by atoms with Gasteiger partial charge in [0.25, 0.3) is 0 Å². The first-order valence-electron chi connectivity index (χ1n) is 7.17. The molecule has 21 heavy (non-hydrogen) atoms. The van der Waals surface area contributed by atoms with Crippen molar-refractivity contribution in [1.82, 2.24) is 20.2 Å². The van der Waals surface area contributed by atoms with E-state index in [2.05, 4.69) is 20.4 Å². The van der Waals surface area contributed by atoms with Crippen LogP contribution in [0.4, 0.5) is 10.3 Å². The van der Waals surface area contributed by atoms with E-state index in [0.717, 1.165) is 32.1 Å². The van der Waals surface area contributed by atoms with E-state index >= 15 is 0 Å². The summed E-state index contributed by atoms with van der Waals surface area (Å²) in [6.07, 6.45) is 1.52. The minimum absolute atomic E-state index is 0.185. The molecular formula is C14H18FN5O. The third-order valence-corrected chi connectivity index (χ3v) is 3.57. The summed E-state index contributed by atoms with van der Waals surface area (Å²) >= 11 is 0. The molecule has 0 spiro atoms. The van der Waals surface area contributed by atoms with Crippen molar-refractivity contribution in [2.75, 3.05) is 31.2 Å². The molecule has 0 unspecified atom stereocenters. The molecule has 0 atom stereocenters. The van der Waals surface area contributed by atoms with Crippen LogP contribution >= 0.6 is 0 Å². The summed E-state index contributed by atoms with van der Waals surface area (Å²) in [5.74, 6) is 0.548. The number of halogens is 1. The van der Waals surface area contributed by atoms with E-state index in [9.17, 15) is 4.39 Å². The maximum Gasteiger partial charge on any atom is 0.245 e. The van der Waals surface area contributed by atoms with Gasteiger partial charge >= 0.3 is 0 Å². The molecule has 2 aromatic rings. The molecule has 6 nitrogen and oxygen atoms in total. The average molecular weight is 291 g/mol. The Labute approximate surface area is 122 Å². The number of tetrazole rings is 1. The van der Waals surface area contributed by atoms with Gasteiger partial charge < -0.3 is 9.64 Å². The van der Waals surface area contributed by atoms with Crippen LogP contribution in [0, 0.1) is 5.82 Å². The molecule has 1 saturated heterocycles. The van der Waals surface area contributed by atoms with Gasteiger partial charge in [-0.2, -0.15) is 0 Å². The summed E-state index contributed by atoms with van der Waals surface area (Å²) in [6, 6.07) is 6.80. The van der Waals surface area contributed by atoms with Crippen LogP contribution in [0.3, 0.4) is 0 Å². The zero-order valence-corrected chi connectivity index (χ0v) is 11.8. The lowest BCUT2D eigenvalue weighted by Crippen LogP contribution is -2.29. The first-order chi connectivity index (χ1) is 10.3. The van der Waals surface area contributed by atoms with Gasteiger partial charge in [0.1, 0.15) is 5.82 Å². The van der Waals surface area contributed by atoms with Crippen LogP contribution in [-0.2, 0) is 17.7 Å². The molecule has 0 bridgehead atoms. The van der Waals surface area contributed by atoms with Gasteiger partial charge in [0.05, 0.1) is 13.2 Å². The van der Waals surface area contributed by atoms with Gasteiger partial charge in [0, 0.05) is 19.7 Å². The number of aryl methyl sites for hydroxylation is 2. The molecule has 3 rings (SSSR count). The Morgan fingerprint density at radius 2 is 2.10 bits per heavy atom. The summed E-state index contributed by atoms with van der Waals surface area (Å²) < 4.78 is 20.8. The smallest absolute Gasteiger partial charge is 0.245 e. The highest BCUT2D eigenvalue weighted by molar-refractivity contribution is 5.28. The van der Waals surface area contributed by atoms with Crippen LogP contribution in [0.25, 0.3) is 0 Å². The summed E-state index contributed by atoms with van der Waals surface area (Å²) in [7, 11) is 0. The highest BCUT2D eigenvalue weighted by atomic mass is 19.1. The van der Waals surface area contributed by atoms with Crippen molar-refractivity contribution in [3.05, 3.63) is 35.6 Å². The maximum absolute atomic E-state index is 13.6. The summed E-state index contributed by atoms with van der Waals surface area (Å²) in [4.78, 5) is 2.12. The summed E-state index contributed by atoms with van der Waals surface area (Å²) in [6.45, 7) is 3.66. The van der Waals surface area contributed by atoms with E-state index in [1.165, 1.54) is 6.07 Å². The van der Waals surface area contributed by atoms with Crippen molar-refractivity contribution in [2.45, 2.75) is 19.4 Å². The highest BCUT2D eigenvalue weighted by Gasteiger charge is 2.17. The zero-order chi connectivity index (χ0) is 14.5. The van der Waals surface area contributed by atoms with Crippen LogP contribution in [0.2, 0.25) is 0 Å². The molecule has 2 heterocycles. The number of anilines is 1. The largest absolute Gasteiger partial charge is 0.380 e. The van der Waals surface area contributed by atoms with Crippen molar-refractivity contribution >= 4 is 5.95 Å². The quantitative estimate of drug-likeness (QED) is 0.849. The second kappa shape index (κ2) is 6.62. The molecule has 0 amide bonds. The predicted octanol–water partition coefficient (Wildman–Crippen LogP) is 1.28. The van der Waals surface area contributed by atoms with Crippen LogP contribution in [0.1, 0.15) is 12.0 Å². The Hall–Kier alpha value is -2.02. The molecule has 1 aliphatic rings. The van der Waals surface area contributed by atoms with E-state index in [1.54, 1.807) is 16.8 Å². The monoisotopic (exact) mass is 291 g/mol. The molecule has 0 aliphatic carbocycles. The normalized spacial score (nSPS) is 16.0. The number of ether oxygens (including phenoxy) is 1. The molecule has 112 valence electrons. The number of hydrogen-bond donors (Lipinski definition) is 0. The van der Waals surface area contributed by atoms with E-state index in [0.29, 0.717) is 25.1 Å². The number of aromatic nitrogens is 4. The fraction of sp³-hybridized carbons (Fsp3) is 0.500. The van der Waals surface area contributed by atoms with Crippen molar-refractivity contribution in [2.24, 2.45) is 0 Å². The van der Waals surface area contributed by atoms with Crippen molar-refractivity contribution in [1.29, 1.82) is 0 Å². The Balaban J connectivity index is 1.69. The number of rotatable bonds is 4.